The molecular weight excluding hydrogens is 160 g/mol. The summed E-state index contributed by atoms with van der Waals surface area (Å²) in [5.41, 5.74) is 2.85. The van der Waals surface area contributed by atoms with Crippen LogP contribution in [0.25, 0.3) is 0 Å². The van der Waals surface area contributed by atoms with Crippen LogP contribution >= 0.6 is 0 Å². The maximum absolute atomic E-state index is 5.80. The van der Waals surface area contributed by atoms with Gasteiger partial charge in [-0.2, -0.15) is 0 Å². The Labute approximate surface area is 81.1 Å². The van der Waals surface area contributed by atoms with Crippen molar-refractivity contribution in [2.24, 2.45) is 0 Å². The van der Waals surface area contributed by atoms with Gasteiger partial charge < -0.3 is 4.42 Å². The molecule has 1 heteroatoms. The van der Waals surface area contributed by atoms with Gasteiger partial charge in [0.25, 0.3) is 0 Å². The SMILES string of the molecule is CCCc1c(CC)oc(CC)c1C. The number of rotatable bonds is 4. The molecule has 0 fully saturated rings. The normalized spacial score (nSPS) is 10.8. The van der Waals surface area contributed by atoms with E-state index < -0.39 is 0 Å². The third-order valence-electron chi connectivity index (χ3n) is 2.60. The third kappa shape index (κ3) is 1.96. The zero-order valence-electron chi connectivity index (χ0n) is 9.24. The predicted octanol–water partition coefficient (Wildman–Crippen LogP) is 3.67. The molecule has 0 N–H and O–H groups in total. The van der Waals surface area contributed by atoms with E-state index in [1.165, 1.54) is 35.5 Å². The molecule has 1 heterocycles. The lowest BCUT2D eigenvalue weighted by atomic mass is 10.0. The Balaban J connectivity index is 3.05. The van der Waals surface area contributed by atoms with Crippen molar-refractivity contribution < 1.29 is 4.42 Å². The standard InChI is InChI=1S/C12H20O/c1-5-8-10-9(4)11(6-2)13-12(10)7-3/h5-8H2,1-4H3. The summed E-state index contributed by atoms with van der Waals surface area (Å²) < 4.78 is 5.80. The summed E-state index contributed by atoms with van der Waals surface area (Å²) in [5.74, 6) is 2.39. The van der Waals surface area contributed by atoms with Crippen LogP contribution in [0.3, 0.4) is 0 Å². The van der Waals surface area contributed by atoms with Crippen molar-refractivity contribution in [1.82, 2.24) is 0 Å². The van der Waals surface area contributed by atoms with Crippen LogP contribution in [0.15, 0.2) is 4.42 Å². The Morgan fingerprint density at radius 1 is 1.00 bits per heavy atom. The van der Waals surface area contributed by atoms with E-state index in [0.717, 1.165) is 12.8 Å². The molecule has 1 aromatic rings. The molecule has 0 amide bonds. The molecule has 74 valence electrons. The quantitative estimate of drug-likeness (QED) is 0.689. The lowest BCUT2D eigenvalue weighted by Gasteiger charge is -1.98. The summed E-state index contributed by atoms with van der Waals surface area (Å²) in [4.78, 5) is 0. The van der Waals surface area contributed by atoms with Crippen molar-refractivity contribution >= 4 is 0 Å². The predicted molar refractivity (Wildman–Crippen MR) is 56.2 cm³/mol. The molecule has 1 aromatic heterocycles. The Kier molecular flexibility index (Phi) is 3.58. The summed E-state index contributed by atoms with van der Waals surface area (Å²) in [6, 6.07) is 0. The van der Waals surface area contributed by atoms with Crippen LogP contribution in [-0.2, 0) is 19.3 Å². The molecule has 0 aliphatic heterocycles. The first-order valence-electron chi connectivity index (χ1n) is 5.34. The molecule has 0 bridgehead atoms. The van der Waals surface area contributed by atoms with Crippen molar-refractivity contribution in [3.63, 3.8) is 0 Å². The fraction of sp³-hybridized carbons (Fsp3) is 0.667. The first-order chi connectivity index (χ1) is 6.24. The molecule has 0 atom stereocenters. The lowest BCUT2D eigenvalue weighted by molar-refractivity contribution is 0.469. The topological polar surface area (TPSA) is 13.1 Å². The zero-order valence-corrected chi connectivity index (χ0v) is 9.24. The number of furan rings is 1. The maximum Gasteiger partial charge on any atom is 0.107 e. The van der Waals surface area contributed by atoms with Gasteiger partial charge in [0.2, 0.25) is 0 Å². The van der Waals surface area contributed by atoms with Gasteiger partial charge in [-0.05, 0) is 24.5 Å². The molecule has 0 aromatic carbocycles. The Bertz CT molecular complexity index is 271. The van der Waals surface area contributed by atoms with Gasteiger partial charge in [-0.1, -0.05) is 27.2 Å². The summed E-state index contributed by atoms with van der Waals surface area (Å²) >= 11 is 0. The smallest absolute Gasteiger partial charge is 0.107 e. The first-order valence-corrected chi connectivity index (χ1v) is 5.34. The van der Waals surface area contributed by atoms with E-state index in [-0.39, 0.29) is 0 Å². The second-order valence-electron chi connectivity index (χ2n) is 3.51. The van der Waals surface area contributed by atoms with Gasteiger partial charge in [0, 0.05) is 12.8 Å². The van der Waals surface area contributed by atoms with Crippen LogP contribution in [0.1, 0.15) is 49.8 Å². The highest BCUT2D eigenvalue weighted by atomic mass is 16.3. The molecule has 0 unspecified atom stereocenters. The van der Waals surface area contributed by atoms with Gasteiger partial charge in [0.15, 0.2) is 0 Å². The largest absolute Gasteiger partial charge is 0.466 e. The summed E-state index contributed by atoms with van der Waals surface area (Å²) in [6.45, 7) is 8.72. The van der Waals surface area contributed by atoms with Crippen LogP contribution in [0, 0.1) is 6.92 Å². The minimum atomic E-state index is 1.02. The monoisotopic (exact) mass is 180 g/mol. The minimum Gasteiger partial charge on any atom is -0.466 e. The van der Waals surface area contributed by atoms with Gasteiger partial charge in [0.1, 0.15) is 11.5 Å². The molecule has 1 nitrogen and oxygen atoms in total. The number of hydrogen-bond donors (Lipinski definition) is 0. The molecule has 1 rings (SSSR count). The second-order valence-corrected chi connectivity index (χ2v) is 3.51. The van der Waals surface area contributed by atoms with E-state index >= 15 is 0 Å². The Morgan fingerprint density at radius 3 is 2.08 bits per heavy atom. The van der Waals surface area contributed by atoms with Crippen molar-refractivity contribution in [3.8, 4) is 0 Å². The zero-order chi connectivity index (χ0) is 9.84. The summed E-state index contributed by atoms with van der Waals surface area (Å²) in [6.07, 6.45) is 4.41. The molecule has 0 aliphatic carbocycles. The fourth-order valence-corrected chi connectivity index (χ4v) is 1.86. The van der Waals surface area contributed by atoms with Crippen molar-refractivity contribution in [2.45, 2.75) is 53.4 Å². The van der Waals surface area contributed by atoms with Crippen molar-refractivity contribution in [2.75, 3.05) is 0 Å². The third-order valence-corrected chi connectivity index (χ3v) is 2.60. The van der Waals surface area contributed by atoms with Crippen LogP contribution in [0.4, 0.5) is 0 Å². The van der Waals surface area contributed by atoms with Gasteiger partial charge in [-0.15, -0.1) is 0 Å². The average Bonchev–Trinajstić information content (AvgIpc) is 2.45. The maximum atomic E-state index is 5.80. The summed E-state index contributed by atoms with van der Waals surface area (Å²) in [5, 5.41) is 0. The van der Waals surface area contributed by atoms with Gasteiger partial charge in [-0.3, -0.25) is 0 Å². The lowest BCUT2D eigenvalue weighted by Crippen LogP contribution is -1.89. The average molecular weight is 180 g/mol. The highest BCUT2D eigenvalue weighted by Crippen LogP contribution is 2.24. The van der Waals surface area contributed by atoms with Crippen LogP contribution in [0.5, 0.6) is 0 Å². The molecule has 0 spiro atoms. The molecular formula is C12H20O. The van der Waals surface area contributed by atoms with Crippen molar-refractivity contribution in [1.29, 1.82) is 0 Å². The first kappa shape index (κ1) is 10.4. The van der Waals surface area contributed by atoms with Crippen LogP contribution in [0.2, 0.25) is 0 Å². The van der Waals surface area contributed by atoms with E-state index in [2.05, 4.69) is 27.7 Å². The molecule has 0 radical (unpaired) electrons. The Morgan fingerprint density at radius 2 is 1.62 bits per heavy atom. The fourth-order valence-electron chi connectivity index (χ4n) is 1.86. The molecule has 13 heavy (non-hydrogen) atoms. The second kappa shape index (κ2) is 4.50. The van der Waals surface area contributed by atoms with E-state index in [4.69, 9.17) is 4.42 Å². The molecule has 0 aliphatic rings. The molecule has 0 saturated heterocycles. The van der Waals surface area contributed by atoms with E-state index in [1.54, 1.807) is 0 Å². The number of aryl methyl sites for hydroxylation is 2. The van der Waals surface area contributed by atoms with Crippen LogP contribution < -0.4 is 0 Å². The van der Waals surface area contributed by atoms with Crippen molar-refractivity contribution in [3.05, 3.63) is 22.6 Å². The highest BCUT2D eigenvalue weighted by molar-refractivity contribution is 5.32. The van der Waals surface area contributed by atoms with E-state index in [0.29, 0.717) is 0 Å². The molecule has 0 saturated carbocycles. The van der Waals surface area contributed by atoms with Crippen LogP contribution in [-0.4, -0.2) is 0 Å². The summed E-state index contributed by atoms with van der Waals surface area (Å²) in [7, 11) is 0. The Hall–Kier alpha value is -0.720. The van der Waals surface area contributed by atoms with Gasteiger partial charge in [0.05, 0.1) is 0 Å². The van der Waals surface area contributed by atoms with Gasteiger partial charge in [-0.25, -0.2) is 0 Å². The highest BCUT2D eigenvalue weighted by Gasteiger charge is 2.12. The van der Waals surface area contributed by atoms with Gasteiger partial charge >= 0.3 is 0 Å². The van der Waals surface area contributed by atoms with E-state index in [1.807, 2.05) is 0 Å². The van der Waals surface area contributed by atoms with E-state index in [9.17, 15) is 0 Å². The minimum absolute atomic E-state index is 1.02. The number of hydrogen-bond acceptors (Lipinski definition) is 1.